The second-order valence-electron chi connectivity index (χ2n) is 4.92. The monoisotopic (exact) mass is 277 g/mol. The number of nitrogens with one attached hydrogen (secondary N) is 1. The second-order valence-corrected chi connectivity index (χ2v) is 5.70. The van der Waals surface area contributed by atoms with Crippen molar-refractivity contribution in [1.82, 2.24) is 15.1 Å². The minimum Gasteiger partial charge on any atom is -0.310 e. The zero-order valence-corrected chi connectivity index (χ0v) is 12.8. The van der Waals surface area contributed by atoms with E-state index in [1.807, 2.05) is 0 Å². The molecule has 0 bridgehead atoms. The van der Waals surface area contributed by atoms with E-state index in [1.165, 1.54) is 5.56 Å². The molecule has 0 radical (unpaired) electrons. The summed E-state index contributed by atoms with van der Waals surface area (Å²) in [4.78, 5) is 0. The van der Waals surface area contributed by atoms with Crippen LogP contribution in [0.5, 0.6) is 0 Å². The van der Waals surface area contributed by atoms with Crippen LogP contribution in [0.3, 0.4) is 0 Å². The third-order valence-corrected chi connectivity index (χ3v) is 4.22. The number of hydrogen-bond donors (Lipinski definition) is 1. The quantitative estimate of drug-likeness (QED) is 0.834. The van der Waals surface area contributed by atoms with Gasteiger partial charge < -0.3 is 5.32 Å². The van der Waals surface area contributed by atoms with Crippen LogP contribution in [-0.2, 0) is 6.42 Å². The van der Waals surface area contributed by atoms with Gasteiger partial charge in [-0.1, -0.05) is 13.8 Å². The smallest absolute Gasteiger partial charge is 0.0643 e. The molecule has 2 aromatic rings. The van der Waals surface area contributed by atoms with E-state index in [1.54, 1.807) is 11.3 Å². The standard InChI is InChI=1S/C15H23N3S/c1-4-12(3)18-8-6-14(17-18)10-15(16-5-2)13-7-9-19-11-13/h6-9,11-12,15-16H,4-5,10H2,1-3H3. The number of likely N-dealkylation sites (N-methyl/N-ethyl adjacent to an activating group) is 1. The molecule has 0 fully saturated rings. The van der Waals surface area contributed by atoms with Crippen LogP contribution in [0.1, 0.15) is 50.5 Å². The SMILES string of the molecule is CCNC(Cc1ccn(C(C)CC)n1)c1ccsc1. The summed E-state index contributed by atoms with van der Waals surface area (Å²) in [5.74, 6) is 0. The number of hydrogen-bond acceptors (Lipinski definition) is 3. The van der Waals surface area contributed by atoms with Gasteiger partial charge in [0, 0.05) is 24.7 Å². The molecule has 0 saturated carbocycles. The molecule has 104 valence electrons. The number of aromatic nitrogens is 2. The maximum absolute atomic E-state index is 4.69. The molecular formula is C15H23N3S. The van der Waals surface area contributed by atoms with E-state index in [0.29, 0.717) is 12.1 Å². The summed E-state index contributed by atoms with van der Waals surface area (Å²) >= 11 is 1.75. The van der Waals surface area contributed by atoms with Gasteiger partial charge in [0.1, 0.15) is 0 Å². The molecule has 1 N–H and O–H groups in total. The molecule has 4 heteroatoms. The molecule has 0 aliphatic rings. The Labute approximate surface area is 119 Å². The minimum absolute atomic E-state index is 0.372. The van der Waals surface area contributed by atoms with Gasteiger partial charge >= 0.3 is 0 Å². The van der Waals surface area contributed by atoms with Gasteiger partial charge in [0.05, 0.1) is 5.69 Å². The fourth-order valence-electron chi connectivity index (χ4n) is 2.16. The predicted molar refractivity (Wildman–Crippen MR) is 81.7 cm³/mol. The molecular weight excluding hydrogens is 254 g/mol. The van der Waals surface area contributed by atoms with E-state index in [2.05, 4.69) is 59.9 Å². The fraction of sp³-hybridized carbons (Fsp3) is 0.533. The van der Waals surface area contributed by atoms with Crippen LogP contribution in [0.25, 0.3) is 0 Å². The Morgan fingerprint density at radius 3 is 2.84 bits per heavy atom. The Balaban J connectivity index is 2.07. The van der Waals surface area contributed by atoms with Crippen molar-refractivity contribution in [3.63, 3.8) is 0 Å². The topological polar surface area (TPSA) is 29.9 Å². The Bertz CT molecular complexity index is 475. The summed E-state index contributed by atoms with van der Waals surface area (Å²) in [7, 11) is 0. The first kappa shape index (κ1) is 14.3. The highest BCUT2D eigenvalue weighted by Gasteiger charge is 2.14. The summed E-state index contributed by atoms with van der Waals surface area (Å²) < 4.78 is 2.08. The molecule has 0 aromatic carbocycles. The van der Waals surface area contributed by atoms with Crippen LogP contribution in [0, 0.1) is 0 Å². The Morgan fingerprint density at radius 2 is 2.21 bits per heavy atom. The lowest BCUT2D eigenvalue weighted by Gasteiger charge is -2.15. The average molecular weight is 277 g/mol. The largest absolute Gasteiger partial charge is 0.310 e. The van der Waals surface area contributed by atoms with Crippen molar-refractivity contribution in [2.75, 3.05) is 6.54 Å². The third-order valence-electron chi connectivity index (χ3n) is 3.52. The van der Waals surface area contributed by atoms with Crippen LogP contribution in [0.2, 0.25) is 0 Å². The van der Waals surface area contributed by atoms with Crippen LogP contribution in [-0.4, -0.2) is 16.3 Å². The number of thiophene rings is 1. The summed E-state index contributed by atoms with van der Waals surface area (Å²) in [6, 6.07) is 5.19. The van der Waals surface area contributed by atoms with Crippen LogP contribution < -0.4 is 5.32 Å². The molecule has 3 nitrogen and oxygen atoms in total. The summed E-state index contributed by atoms with van der Waals surface area (Å²) in [6.07, 6.45) is 4.16. The first-order chi connectivity index (χ1) is 9.24. The summed E-state index contributed by atoms with van der Waals surface area (Å²) in [5.41, 5.74) is 2.53. The zero-order chi connectivity index (χ0) is 13.7. The van der Waals surface area contributed by atoms with E-state index < -0.39 is 0 Å². The van der Waals surface area contributed by atoms with E-state index in [9.17, 15) is 0 Å². The van der Waals surface area contributed by atoms with Crippen molar-refractivity contribution in [2.45, 2.75) is 45.7 Å². The molecule has 2 heterocycles. The lowest BCUT2D eigenvalue weighted by molar-refractivity contribution is 0.467. The van der Waals surface area contributed by atoms with E-state index in [4.69, 9.17) is 5.10 Å². The summed E-state index contributed by atoms with van der Waals surface area (Å²) in [6.45, 7) is 7.53. The van der Waals surface area contributed by atoms with Crippen molar-refractivity contribution < 1.29 is 0 Å². The Kier molecular flexibility index (Phi) is 5.16. The highest BCUT2D eigenvalue weighted by Crippen LogP contribution is 2.20. The molecule has 0 aliphatic heterocycles. The molecule has 2 unspecified atom stereocenters. The molecule has 0 saturated heterocycles. The van der Waals surface area contributed by atoms with Crippen molar-refractivity contribution in [1.29, 1.82) is 0 Å². The fourth-order valence-corrected chi connectivity index (χ4v) is 2.87. The predicted octanol–water partition coefficient (Wildman–Crippen LogP) is 3.81. The lowest BCUT2D eigenvalue weighted by atomic mass is 10.1. The maximum Gasteiger partial charge on any atom is 0.0643 e. The van der Waals surface area contributed by atoms with Gasteiger partial charge in [-0.3, -0.25) is 4.68 Å². The lowest BCUT2D eigenvalue weighted by Crippen LogP contribution is -2.22. The van der Waals surface area contributed by atoms with Gasteiger partial charge in [-0.2, -0.15) is 16.4 Å². The van der Waals surface area contributed by atoms with Gasteiger partial charge in [0.2, 0.25) is 0 Å². The van der Waals surface area contributed by atoms with Crippen LogP contribution in [0.4, 0.5) is 0 Å². The van der Waals surface area contributed by atoms with Crippen LogP contribution in [0.15, 0.2) is 29.1 Å². The first-order valence-electron chi connectivity index (χ1n) is 7.04. The molecule has 2 atom stereocenters. The van der Waals surface area contributed by atoms with E-state index in [0.717, 1.165) is 25.1 Å². The third kappa shape index (κ3) is 3.67. The van der Waals surface area contributed by atoms with Gasteiger partial charge in [-0.25, -0.2) is 0 Å². The van der Waals surface area contributed by atoms with Crippen molar-refractivity contribution in [3.8, 4) is 0 Å². The van der Waals surface area contributed by atoms with Gasteiger partial charge in [0.15, 0.2) is 0 Å². The van der Waals surface area contributed by atoms with Gasteiger partial charge in [-0.15, -0.1) is 0 Å². The molecule has 19 heavy (non-hydrogen) atoms. The van der Waals surface area contributed by atoms with Crippen molar-refractivity contribution in [3.05, 3.63) is 40.3 Å². The van der Waals surface area contributed by atoms with E-state index in [-0.39, 0.29) is 0 Å². The van der Waals surface area contributed by atoms with Gasteiger partial charge in [0.25, 0.3) is 0 Å². The van der Waals surface area contributed by atoms with Gasteiger partial charge in [-0.05, 0) is 48.3 Å². The maximum atomic E-state index is 4.69. The summed E-state index contributed by atoms with van der Waals surface area (Å²) in [5, 5.41) is 12.6. The zero-order valence-electron chi connectivity index (χ0n) is 12.0. The molecule has 0 amide bonds. The number of nitrogens with zero attached hydrogens (tertiary/aromatic N) is 2. The van der Waals surface area contributed by atoms with Crippen molar-refractivity contribution in [2.24, 2.45) is 0 Å². The Hall–Kier alpha value is -1.13. The Morgan fingerprint density at radius 1 is 1.37 bits per heavy atom. The average Bonchev–Trinajstić information content (AvgIpc) is 3.08. The highest BCUT2D eigenvalue weighted by molar-refractivity contribution is 7.07. The minimum atomic E-state index is 0.372. The molecule has 0 aliphatic carbocycles. The first-order valence-corrected chi connectivity index (χ1v) is 7.98. The molecule has 2 aromatic heterocycles. The molecule has 2 rings (SSSR count). The second kappa shape index (κ2) is 6.87. The van der Waals surface area contributed by atoms with E-state index >= 15 is 0 Å². The molecule has 0 spiro atoms. The number of rotatable bonds is 7. The highest BCUT2D eigenvalue weighted by atomic mass is 32.1. The van der Waals surface area contributed by atoms with Crippen molar-refractivity contribution >= 4 is 11.3 Å². The normalized spacial score (nSPS) is 14.5. The van der Waals surface area contributed by atoms with Crippen LogP contribution >= 0.6 is 11.3 Å².